The van der Waals surface area contributed by atoms with Crippen molar-refractivity contribution in [1.82, 2.24) is 10.2 Å². The smallest absolute Gasteiger partial charge is 0.0218 e. The molecule has 0 spiro atoms. The maximum Gasteiger partial charge on any atom is 0.0218 e. The van der Waals surface area contributed by atoms with Crippen LogP contribution in [0.15, 0.2) is 30.3 Å². The number of piperazine rings is 1. The van der Waals surface area contributed by atoms with Crippen LogP contribution in [-0.2, 0) is 6.42 Å². The fourth-order valence-electron chi connectivity index (χ4n) is 3.00. The largest absolute Gasteiger partial charge is 0.311 e. The van der Waals surface area contributed by atoms with E-state index in [1.54, 1.807) is 0 Å². The summed E-state index contributed by atoms with van der Waals surface area (Å²) in [5.41, 5.74) is 1.47. The highest BCUT2D eigenvalue weighted by Gasteiger charge is 2.25. The van der Waals surface area contributed by atoms with E-state index < -0.39 is 0 Å². The number of aryl methyl sites for hydroxylation is 1. The Kier molecular flexibility index (Phi) is 6.06. The van der Waals surface area contributed by atoms with Crippen LogP contribution in [-0.4, -0.2) is 36.6 Å². The number of hydrogen-bond acceptors (Lipinski definition) is 2. The van der Waals surface area contributed by atoms with E-state index in [4.69, 9.17) is 0 Å². The van der Waals surface area contributed by atoms with Gasteiger partial charge in [0.2, 0.25) is 0 Å². The zero-order valence-electron chi connectivity index (χ0n) is 13.3. The maximum absolute atomic E-state index is 3.67. The van der Waals surface area contributed by atoms with Crippen LogP contribution in [0.3, 0.4) is 0 Å². The van der Waals surface area contributed by atoms with E-state index in [1.165, 1.54) is 37.9 Å². The van der Waals surface area contributed by atoms with E-state index in [2.05, 4.69) is 61.3 Å². The summed E-state index contributed by atoms with van der Waals surface area (Å²) in [6.45, 7) is 10.6. The molecule has 1 aromatic carbocycles. The fourth-order valence-corrected chi connectivity index (χ4v) is 3.00. The molecule has 0 bridgehead atoms. The second-order valence-corrected chi connectivity index (χ2v) is 6.55. The first-order valence-corrected chi connectivity index (χ1v) is 8.18. The van der Waals surface area contributed by atoms with Crippen molar-refractivity contribution in [2.45, 2.75) is 52.1 Å². The molecular weight excluding hydrogens is 244 g/mol. The molecule has 2 rings (SSSR count). The lowest BCUT2D eigenvalue weighted by atomic mass is 9.99. The van der Waals surface area contributed by atoms with Crippen LogP contribution in [0, 0.1) is 5.92 Å². The topological polar surface area (TPSA) is 15.3 Å². The van der Waals surface area contributed by atoms with Gasteiger partial charge in [-0.25, -0.2) is 0 Å². The monoisotopic (exact) mass is 274 g/mol. The molecule has 1 saturated heterocycles. The lowest BCUT2D eigenvalue weighted by molar-refractivity contribution is 0.121. The first kappa shape index (κ1) is 15.5. The van der Waals surface area contributed by atoms with Crippen LogP contribution >= 0.6 is 0 Å². The summed E-state index contributed by atoms with van der Waals surface area (Å²) in [6, 6.07) is 12.2. The Bertz CT molecular complexity index is 374. The first-order valence-electron chi connectivity index (χ1n) is 8.18. The SMILES string of the molecule is CC(C)C1CN(CCCCc2ccccc2)C(C)CN1. The van der Waals surface area contributed by atoms with Crippen molar-refractivity contribution in [2.75, 3.05) is 19.6 Å². The van der Waals surface area contributed by atoms with E-state index in [0.29, 0.717) is 12.1 Å². The third-order valence-electron chi connectivity index (χ3n) is 4.54. The highest BCUT2D eigenvalue weighted by Crippen LogP contribution is 2.14. The molecule has 2 atom stereocenters. The van der Waals surface area contributed by atoms with E-state index in [0.717, 1.165) is 12.5 Å². The van der Waals surface area contributed by atoms with Gasteiger partial charge in [0, 0.05) is 25.2 Å². The van der Waals surface area contributed by atoms with Crippen molar-refractivity contribution in [1.29, 1.82) is 0 Å². The van der Waals surface area contributed by atoms with E-state index in [-0.39, 0.29) is 0 Å². The molecule has 20 heavy (non-hydrogen) atoms. The van der Waals surface area contributed by atoms with Crippen molar-refractivity contribution in [3.05, 3.63) is 35.9 Å². The summed E-state index contributed by atoms with van der Waals surface area (Å²) >= 11 is 0. The molecule has 0 radical (unpaired) electrons. The van der Waals surface area contributed by atoms with Gasteiger partial charge in [-0.15, -0.1) is 0 Å². The molecule has 1 heterocycles. The first-order chi connectivity index (χ1) is 9.66. The summed E-state index contributed by atoms with van der Waals surface area (Å²) in [4.78, 5) is 2.67. The van der Waals surface area contributed by atoms with Gasteiger partial charge in [-0.1, -0.05) is 44.2 Å². The molecule has 1 fully saturated rings. The maximum atomic E-state index is 3.67. The highest BCUT2D eigenvalue weighted by molar-refractivity contribution is 5.14. The molecule has 1 aromatic rings. The standard InChI is InChI=1S/C18H30N2/c1-15(2)18-14-20(16(3)13-19-18)12-8-7-11-17-9-5-4-6-10-17/h4-6,9-10,15-16,18-19H,7-8,11-14H2,1-3H3. The van der Waals surface area contributed by atoms with Gasteiger partial charge in [0.15, 0.2) is 0 Å². The molecule has 112 valence electrons. The number of nitrogens with zero attached hydrogens (tertiary/aromatic N) is 1. The summed E-state index contributed by atoms with van der Waals surface area (Å²) in [5.74, 6) is 0.731. The molecular formula is C18H30N2. The Morgan fingerprint density at radius 2 is 1.95 bits per heavy atom. The summed E-state index contributed by atoms with van der Waals surface area (Å²) < 4.78 is 0. The van der Waals surface area contributed by atoms with Crippen LogP contribution in [0.2, 0.25) is 0 Å². The van der Waals surface area contributed by atoms with Crippen LogP contribution < -0.4 is 5.32 Å². The number of hydrogen-bond donors (Lipinski definition) is 1. The van der Waals surface area contributed by atoms with Gasteiger partial charge in [-0.2, -0.15) is 0 Å². The Morgan fingerprint density at radius 1 is 1.20 bits per heavy atom. The zero-order chi connectivity index (χ0) is 14.4. The van der Waals surface area contributed by atoms with Crippen LogP contribution in [0.4, 0.5) is 0 Å². The van der Waals surface area contributed by atoms with Crippen LogP contribution in [0.1, 0.15) is 39.2 Å². The van der Waals surface area contributed by atoms with Crippen molar-refractivity contribution in [3.8, 4) is 0 Å². The highest BCUT2D eigenvalue weighted by atomic mass is 15.2. The molecule has 1 aliphatic rings. The third-order valence-corrected chi connectivity index (χ3v) is 4.54. The molecule has 1 aliphatic heterocycles. The minimum atomic E-state index is 0.667. The lowest BCUT2D eigenvalue weighted by Gasteiger charge is -2.40. The predicted molar refractivity (Wildman–Crippen MR) is 87.0 cm³/mol. The quantitative estimate of drug-likeness (QED) is 0.801. The van der Waals surface area contributed by atoms with Gasteiger partial charge in [-0.05, 0) is 44.2 Å². The van der Waals surface area contributed by atoms with Crippen molar-refractivity contribution in [2.24, 2.45) is 5.92 Å². The van der Waals surface area contributed by atoms with Gasteiger partial charge in [0.05, 0.1) is 0 Å². The Labute approximate surface area is 124 Å². The Balaban J connectivity index is 1.70. The van der Waals surface area contributed by atoms with Crippen molar-refractivity contribution < 1.29 is 0 Å². The van der Waals surface area contributed by atoms with Gasteiger partial charge < -0.3 is 5.32 Å². The van der Waals surface area contributed by atoms with Crippen molar-refractivity contribution >= 4 is 0 Å². The molecule has 0 saturated carbocycles. The zero-order valence-corrected chi connectivity index (χ0v) is 13.3. The van der Waals surface area contributed by atoms with Crippen molar-refractivity contribution in [3.63, 3.8) is 0 Å². The Hall–Kier alpha value is -0.860. The van der Waals surface area contributed by atoms with Gasteiger partial charge in [-0.3, -0.25) is 4.90 Å². The second-order valence-electron chi connectivity index (χ2n) is 6.55. The van der Waals surface area contributed by atoms with Gasteiger partial charge >= 0.3 is 0 Å². The Morgan fingerprint density at radius 3 is 2.65 bits per heavy atom. The van der Waals surface area contributed by atoms with Gasteiger partial charge in [0.25, 0.3) is 0 Å². The molecule has 0 aromatic heterocycles. The van der Waals surface area contributed by atoms with E-state index >= 15 is 0 Å². The summed E-state index contributed by atoms with van der Waals surface area (Å²) in [6.07, 6.45) is 3.83. The molecule has 2 nitrogen and oxygen atoms in total. The van der Waals surface area contributed by atoms with Crippen LogP contribution in [0.5, 0.6) is 0 Å². The minimum absolute atomic E-state index is 0.667. The molecule has 2 heteroatoms. The minimum Gasteiger partial charge on any atom is -0.311 e. The molecule has 0 aliphatic carbocycles. The molecule has 1 N–H and O–H groups in total. The number of unbranched alkanes of at least 4 members (excludes halogenated alkanes) is 1. The third kappa shape index (κ3) is 4.60. The summed E-state index contributed by atoms with van der Waals surface area (Å²) in [5, 5.41) is 3.67. The normalized spacial score (nSPS) is 24.2. The van der Waals surface area contributed by atoms with E-state index in [1.807, 2.05) is 0 Å². The number of rotatable bonds is 6. The van der Waals surface area contributed by atoms with Gasteiger partial charge in [0.1, 0.15) is 0 Å². The number of benzene rings is 1. The molecule has 2 unspecified atom stereocenters. The lowest BCUT2D eigenvalue weighted by Crippen LogP contribution is -2.57. The average Bonchev–Trinajstić information content (AvgIpc) is 2.46. The second kappa shape index (κ2) is 7.80. The van der Waals surface area contributed by atoms with E-state index in [9.17, 15) is 0 Å². The predicted octanol–water partition coefficient (Wildman–Crippen LogP) is 3.33. The fraction of sp³-hybridized carbons (Fsp3) is 0.667. The molecule has 0 amide bonds. The number of nitrogens with one attached hydrogen (secondary N) is 1. The average molecular weight is 274 g/mol. The summed E-state index contributed by atoms with van der Waals surface area (Å²) in [7, 11) is 0. The van der Waals surface area contributed by atoms with Crippen LogP contribution in [0.25, 0.3) is 0 Å².